The summed E-state index contributed by atoms with van der Waals surface area (Å²) in [4.78, 5) is 14.6. The predicted molar refractivity (Wildman–Crippen MR) is 110 cm³/mol. The number of hydrogen-bond acceptors (Lipinski definition) is 6. The minimum Gasteiger partial charge on any atom is -0.507 e. The molecule has 2 heterocycles. The molecule has 2 aromatic carbocycles. The number of carbonyl (C=O) groups excluding carboxylic acids is 1. The van der Waals surface area contributed by atoms with E-state index in [-0.39, 0.29) is 30.6 Å². The number of ether oxygens (including phenoxy) is 1. The first-order chi connectivity index (χ1) is 14.5. The van der Waals surface area contributed by atoms with Gasteiger partial charge in [-0.1, -0.05) is 17.7 Å². The van der Waals surface area contributed by atoms with Gasteiger partial charge in [0.2, 0.25) is 0 Å². The van der Waals surface area contributed by atoms with Gasteiger partial charge in [-0.05, 0) is 43.7 Å². The van der Waals surface area contributed by atoms with Crippen LogP contribution in [0.15, 0.2) is 36.4 Å². The summed E-state index contributed by atoms with van der Waals surface area (Å²) in [5.74, 6) is 0.0780. The van der Waals surface area contributed by atoms with E-state index in [1.165, 1.54) is 6.07 Å². The lowest BCUT2D eigenvalue weighted by Crippen LogP contribution is -2.32. The van der Waals surface area contributed by atoms with Crippen LogP contribution >= 0.6 is 0 Å². The zero-order valence-electron chi connectivity index (χ0n) is 16.7. The fourth-order valence-electron chi connectivity index (χ4n) is 3.90. The number of aromatic nitrogens is 2. The Morgan fingerprint density at radius 1 is 1.17 bits per heavy atom. The topological polar surface area (TPSA) is 119 Å². The van der Waals surface area contributed by atoms with E-state index < -0.39 is 6.04 Å². The van der Waals surface area contributed by atoms with Gasteiger partial charge in [0.25, 0.3) is 5.91 Å². The van der Waals surface area contributed by atoms with Crippen LogP contribution in [-0.4, -0.2) is 56.1 Å². The highest BCUT2D eigenvalue weighted by Crippen LogP contribution is 2.45. The molecule has 0 spiro atoms. The molecule has 1 aliphatic rings. The van der Waals surface area contributed by atoms with Crippen molar-refractivity contribution in [2.45, 2.75) is 19.9 Å². The van der Waals surface area contributed by atoms with Crippen molar-refractivity contribution < 1.29 is 24.9 Å². The Balaban J connectivity index is 1.91. The van der Waals surface area contributed by atoms with Gasteiger partial charge in [0.1, 0.15) is 17.1 Å². The van der Waals surface area contributed by atoms with Gasteiger partial charge in [0.15, 0.2) is 11.5 Å². The molecule has 1 aliphatic heterocycles. The number of aromatic amines is 1. The SMILES string of the molecule is CCOc1cc(C2c3c(-c4cc(C)ccc4O)n[nH]c3C(=O)N2CCO)ccc1O. The van der Waals surface area contributed by atoms with E-state index in [1.807, 2.05) is 19.9 Å². The van der Waals surface area contributed by atoms with E-state index in [0.29, 0.717) is 40.4 Å². The Morgan fingerprint density at radius 3 is 2.67 bits per heavy atom. The van der Waals surface area contributed by atoms with Crippen molar-refractivity contribution in [3.63, 3.8) is 0 Å². The maximum absolute atomic E-state index is 13.0. The third-order valence-corrected chi connectivity index (χ3v) is 5.21. The third-order valence-electron chi connectivity index (χ3n) is 5.21. The predicted octanol–water partition coefficient (Wildman–Crippen LogP) is 2.73. The van der Waals surface area contributed by atoms with Gasteiger partial charge in [-0.25, -0.2) is 0 Å². The molecule has 0 bridgehead atoms. The summed E-state index contributed by atoms with van der Waals surface area (Å²) in [7, 11) is 0. The number of phenolic OH excluding ortho intramolecular Hbond substituents is 2. The summed E-state index contributed by atoms with van der Waals surface area (Å²) < 4.78 is 5.51. The molecular weight excluding hydrogens is 386 g/mol. The van der Waals surface area contributed by atoms with Crippen molar-refractivity contribution in [2.24, 2.45) is 0 Å². The van der Waals surface area contributed by atoms with Crippen LogP contribution in [0.25, 0.3) is 11.3 Å². The van der Waals surface area contributed by atoms with E-state index in [1.54, 1.807) is 29.2 Å². The van der Waals surface area contributed by atoms with Gasteiger partial charge in [0, 0.05) is 17.7 Å². The van der Waals surface area contributed by atoms with Crippen molar-refractivity contribution in [1.29, 1.82) is 0 Å². The number of aryl methyl sites for hydroxylation is 1. The highest BCUT2D eigenvalue weighted by molar-refractivity contribution is 6.00. The van der Waals surface area contributed by atoms with Crippen LogP contribution in [0.5, 0.6) is 17.2 Å². The molecule has 0 aliphatic carbocycles. The second kappa shape index (κ2) is 7.72. The Morgan fingerprint density at radius 2 is 1.93 bits per heavy atom. The fourth-order valence-corrected chi connectivity index (χ4v) is 3.90. The van der Waals surface area contributed by atoms with E-state index in [9.17, 15) is 20.1 Å². The average molecular weight is 409 g/mol. The van der Waals surface area contributed by atoms with Crippen LogP contribution < -0.4 is 4.74 Å². The van der Waals surface area contributed by atoms with Gasteiger partial charge in [-0.3, -0.25) is 9.89 Å². The van der Waals surface area contributed by atoms with Crippen molar-refractivity contribution in [3.05, 3.63) is 58.8 Å². The first-order valence-corrected chi connectivity index (χ1v) is 9.72. The smallest absolute Gasteiger partial charge is 0.273 e. The van der Waals surface area contributed by atoms with Gasteiger partial charge in [-0.2, -0.15) is 5.10 Å². The van der Waals surface area contributed by atoms with Crippen molar-refractivity contribution >= 4 is 5.91 Å². The zero-order valence-corrected chi connectivity index (χ0v) is 16.7. The summed E-state index contributed by atoms with van der Waals surface area (Å²) in [6.45, 7) is 4.01. The largest absolute Gasteiger partial charge is 0.507 e. The second-order valence-electron chi connectivity index (χ2n) is 7.17. The molecule has 8 nitrogen and oxygen atoms in total. The lowest BCUT2D eigenvalue weighted by molar-refractivity contribution is 0.0706. The number of H-pyrrole nitrogens is 1. The number of β-amino-alcohol motifs (C(OH)–C–C–N with tert-alkyl or cyclic N) is 1. The Kier molecular flexibility index (Phi) is 5.09. The lowest BCUT2D eigenvalue weighted by atomic mass is 9.95. The fraction of sp³-hybridized carbons (Fsp3) is 0.273. The number of aliphatic hydroxyl groups excluding tert-OH is 1. The average Bonchev–Trinajstić information content (AvgIpc) is 3.26. The number of phenols is 2. The quantitative estimate of drug-likeness (QED) is 0.497. The number of aromatic hydroxyl groups is 2. The molecule has 0 saturated heterocycles. The molecule has 156 valence electrons. The second-order valence-corrected chi connectivity index (χ2v) is 7.17. The minimum atomic E-state index is -0.562. The molecule has 0 fully saturated rings. The summed E-state index contributed by atoms with van der Waals surface area (Å²) in [5.41, 5.74) is 3.55. The van der Waals surface area contributed by atoms with Gasteiger partial charge in [-0.15, -0.1) is 0 Å². The van der Waals surface area contributed by atoms with Gasteiger partial charge < -0.3 is 25.0 Å². The molecule has 8 heteroatoms. The Bertz CT molecular complexity index is 1110. The van der Waals surface area contributed by atoms with Crippen molar-refractivity contribution in [3.8, 4) is 28.5 Å². The number of carbonyl (C=O) groups is 1. The Labute approximate surface area is 173 Å². The number of fused-ring (bicyclic) bond motifs is 1. The Hall–Kier alpha value is -3.52. The van der Waals surface area contributed by atoms with E-state index in [0.717, 1.165) is 5.56 Å². The number of aliphatic hydroxyl groups is 1. The van der Waals surface area contributed by atoms with Crippen LogP contribution in [0.4, 0.5) is 0 Å². The molecule has 0 saturated carbocycles. The van der Waals surface area contributed by atoms with Crippen LogP contribution in [0.2, 0.25) is 0 Å². The third kappa shape index (κ3) is 3.15. The molecule has 0 radical (unpaired) electrons. The maximum atomic E-state index is 13.0. The number of hydrogen-bond donors (Lipinski definition) is 4. The molecule has 1 atom stereocenters. The number of amides is 1. The van der Waals surface area contributed by atoms with Crippen LogP contribution in [-0.2, 0) is 0 Å². The summed E-state index contributed by atoms with van der Waals surface area (Å²) in [5, 5.41) is 37.2. The van der Waals surface area contributed by atoms with Gasteiger partial charge >= 0.3 is 0 Å². The minimum absolute atomic E-state index is 0.00241. The van der Waals surface area contributed by atoms with Crippen molar-refractivity contribution in [1.82, 2.24) is 15.1 Å². The lowest BCUT2D eigenvalue weighted by Gasteiger charge is -2.26. The summed E-state index contributed by atoms with van der Waals surface area (Å²) >= 11 is 0. The zero-order chi connectivity index (χ0) is 21.4. The number of nitrogens with one attached hydrogen (secondary N) is 1. The maximum Gasteiger partial charge on any atom is 0.273 e. The monoisotopic (exact) mass is 409 g/mol. The molecule has 4 N–H and O–H groups in total. The number of rotatable bonds is 6. The molecule has 1 amide bonds. The molecular formula is C22H23N3O5. The highest BCUT2D eigenvalue weighted by Gasteiger charge is 2.42. The highest BCUT2D eigenvalue weighted by atomic mass is 16.5. The molecule has 4 rings (SSSR count). The first kappa shape index (κ1) is 19.8. The molecule has 1 unspecified atom stereocenters. The molecule has 3 aromatic rings. The molecule has 1 aromatic heterocycles. The summed E-state index contributed by atoms with van der Waals surface area (Å²) in [6.07, 6.45) is 0. The number of nitrogens with zero attached hydrogens (tertiary/aromatic N) is 2. The van der Waals surface area contributed by atoms with E-state index in [4.69, 9.17) is 4.74 Å². The van der Waals surface area contributed by atoms with Crippen LogP contribution in [0, 0.1) is 6.92 Å². The summed E-state index contributed by atoms with van der Waals surface area (Å²) in [6, 6.07) is 9.55. The van der Waals surface area contributed by atoms with E-state index >= 15 is 0 Å². The molecule has 30 heavy (non-hydrogen) atoms. The number of benzene rings is 2. The van der Waals surface area contributed by atoms with Crippen LogP contribution in [0.1, 0.15) is 40.1 Å². The van der Waals surface area contributed by atoms with Crippen LogP contribution in [0.3, 0.4) is 0 Å². The first-order valence-electron chi connectivity index (χ1n) is 9.72. The normalized spacial score (nSPS) is 15.5. The standard InChI is InChI=1S/C22H23N3O5/c1-3-30-17-11-13(5-7-16(17)28)21-18-19(14-10-12(2)4-6-15(14)27)23-24-20(18)22(29)25(21)8-9-26/h4-7,10-11,21,26-28H,3,8-9H2,1-2H3,(H,23,24). The van der Waals surface area contributed by atoms with E-state index in [2.05, 4.69) is 10.2 Å². The van der Waals surface area contributed by atoms with Crippen molar-refractivity contribution in [2.75, 3.05) is 19.8 Å². The van der Waals surface area contributed by atoms with Gasteiger partial charge in [0.05, 0.1) is 19.3 Å².